The molecule has 0 aliphatic heterocycles. The van der Waals surface area contributed by atoms with Crippen LogP contribution in [0.2, 0.25) is 0 Å². The molecule has 1 aromatic heterocycles. The van der Waals surface area contributed by atoms with Gasteiger partial charge in [-0.25, -0.2) is 10.4 Å². The second-order valence-corrected chi connectivity index (χ2v) is 8.11. The highest BCUT2D eigenvalue weighted by molar-refractivity contribution is 5.80. The number of fused-ring (bicyclic) bond motifs is 4. The van der Waals surface area contributed by atoms with E-state index in [0.717, 1.165) is 36.1 Å². The molecular formula is C24H25N5. The molecule has 0 saturated heterocycles. The third kappa shape index (κ3) is 3.27. The van der Waals surface area contributed by atoms with E-state index in [4.69, 9.17) is 10.7 Å². The van der Waals surface area contributed by atoms with E-state index < -0.39 is 0 Å². The van der Waals surface area contributed by atoms with E-state index in [1.165, 1.54) is 30.4 Å². The number of hydrogen-bond donors (Lipinski definition) is 2. The minimum atomic E-state index is 0.0673. The van der Waals surface area contributed by atoms with Crippen molar-refractivity contribution in [1.29, 1.82) is 0 Å². The van der Waals surface area contributed by atoms with Crippen LogP contribution in [0.3, 0.4) is 0 Å². The number of benzene rings is 2. The lowest BCUT2D eigenvalue weighted by atomic mass is 9.62. The summed E-state index contributed by atoms with van der Waals surface area (Å²) in [6.07, 6.45) is 8.87. The highest BCUT2D eigenvalue weighted by atomic mass is 15.3. The van der Waals surface area contributed by atoms with Crippen LogP contribution in [-0.4, -0.2) is 16.2 Å². The van der Waals surface area contributed by atoms with E-state index in [-0.39, 0.29) is 5.41 Å². The summed E-state index contributed by atoms with van der Waals surface area (Å²) in [7, 11) is 0. The van der Waals surface area contributed by atoms with E-state index >= 15 is 0 Å². The van der Waals surface area contributed by atoms with Crippen molar-refractivity contribution >= 4 is 18.0 Å². The maximum absolute atomic E-state index is 6.54. The molecule has 2 aromatic carbocycles. The summed E-state index contributed by atoms with van der Waals surface area (Å²) < 4.78 is 0. The molecule has 0 radical (unpaired) electrons. The normalized spacial score (nSPS) is 17.1. The molecule has 3 N–H and O–H groups in total. The predicted octanol–water partition coefficient (Wildman–Crippen LogP) is 4.93. The molecule has 5 heteroatoms. The van der Waals surface area contributed by atoms with Crippen LogP contribution in [0, 0.1) is 0 Å². The Bertz CT molecular complexity index is 1050. The Hall–Kier alpha value is -3.21. The maximum Gasteiger partial charge on any atom is 0.246 e. The molecule has 29 heavy (non-hydrogen) atoms. The number of hydrogen-bond acceptors (Lipinski definition) is 5. The van der Waals surface area contributed by atoms with Crippen molar-refractivity contribution in [2.24, 2.45) is 5.10 Å². The van der Waals surface area contributed by atoms with Gasteiger partial charge in [-0.3, -0.25) is 0 Å². The van der Waals surface area contributed by atoms with E-state index in [1.807, 2.05) is 30.3 Å². The Morgan fingerprint density at radius 2 is 1.69 bits per heavy atom. The fourth-order valence-electron chi connectivity index (χ4n) is 4.96. The van der Waals surface area contributed by atoms with Crippen LogP contribution in [0.25, 0.3) is 11.3 Å². The summed E-state index contributed by atoms with van der Waals surface area (Å²) >= 11 is 0. The second-order valence-electron chi connectivity index (χ2n) is 8.11. The lowest BCUT2D eigenvalue weighted by Gasteiger charge is -2.42. The average Bonchev–Trinajstić information content (AvgIpc) is 2.75. The first-order valence-electron chi connectivity index (χ1n) is 10.4. The van der Waals surface area contributed by atoms with Gasteiger partial charge in [0.2, 0.25) is 5.95 Å². The number of nitrogens with zero attached hydrogens (tertiary/aromatic N) is 3. The van der Waals surface area contributed by atoms with Gasteiger partial charge in [0.25, 0.3) is 0 Å². The van der Waals surface area contributed by atoms with Gasteiger partial charge in [0.15, 0.2) is 0 Å². The summed E-state index contributed by atoms with van der Waals surface area (Å²) in [5, 5.41) is 4.31. The zero-order chi connectivity index (χ0) is 19.7. The van der Waals surface area contributed by atoms with Gasteiger partial charge in [-0.15, -0.1) is 0 Å². The van der Waals surface area contributed by atoms with Crippen molar-refractivity contribution in [3.63, 3.8) is 0 Å². The van der Waals surface area contributed by atoms with Crippen molar-refractivity contribution in [3.8, 4) is 11.3 Å². The zero-order valence-corrected chi connectivity index (χ0v) is 16.4. The van der Waals surface area contributed by atoms with Crippen LogP contribution in [0.5, 0.6) is 0 Å². The average molecular weight is 383 g/mol. The minimum Gasteiger partial charge on any atom is -0.383 e. The number of aromatic nitrogens is 2. The molecule has 1 fully saturated rings. The minimum absolute atomic E-state index is 0.0673. The van der Waals surface area contributed by atoms with Crippen molar-refractivity contribution in [1.82, 2.24) is 9.97 Å². The number of nitrogens with two attached hydrogens (primary N) is 1. The standard InChI is InChI=1S/C24H25N5/c25-22-20-21(27-23(28-22)29-26-16-17-9-3-1-4-10-17)19-12-6-5-11-18(19)15-24(20)13-7-2-8-14-24/h1,3-6,9-12,16H,2,7-8,13-15H2,(H3,25,27,28,29). The van der Waals surface area contributed by atoms with Crippen LogP contribution in [0.4, 0.5) is 11.8 Å². The SMILES string of the molecule is Nc1nc(NN=Cc2ccccc2)nc2c1C1(CCCCC1)Cc1ccccc1-2. The summed E-state index contributed by atoms with van der Waals surface area (Å²) in [5.41, 5.74) is 15.2. The topological polar surface area (TPSA) is 76.2 Å². The Balaban J connectivity index is 1.55. The first kappa shape index (κ1) is 17.9. The van der Waals surface area contributed by atoms with Crippen LogP contribution in [0.1, 0.15) is 48.8 Å². The number of nitrogens with one attached hydrogen (secondary N) is 1. The predicted molar refractivity (Wildman–Crippen MR) is 118 cm³/mol. The largest absolute Gasteiger partial charge is 0.383 e. The van der Waals surface area contributed by atoms with Gasteiger partial charge < -0.3 is 5.73 Å². The van der Waals surface area contributed by atoms with Gasteiger partial charge in [-0.2, -0.15) is 10.1 Å². The van der Waals surface area contributed by atoms with Crippen molar-refractivity contribution in [3.05, 3.63) is 71.3 Å². The van der Waals surface area contributed by atoms with E-state index in [9.17, 15) is 0 Å². The molecule has 1 saturated carbocycles. The fourth-order valence-corrected chi connectivity index (χ4v) is 4.96. The van der Waals surface area contributed by atoms with Crippen LogP contribution in [0.15, 0.2) is 59.7 Å². The van der Waals surface area contributed by atoms with E-state index in [0.29, 0.717) is 11.8 Å². The summed E-state index contributed by atoms with van der Waals surface area (Å²) in [6.45, 7) is 0. The number of anilines is 2. The zero-order valence-electron chi connectivity index (χ0n) is 16.4. The summed E-state index contributed by atoms with van der Waals surface area (Å²) in [6, 6.07) is 18.5. The van der Waals surface area contributed by atoms with Gasteiger partial charge in [0, 0.05) is 16.5 Å². The number of nitrogen functional groups attached to an aromatic ring is 1. The van der Waals surface area contributed by atoms with Crippen LogP contribution >= 0.6 is 0 Å². The Labute approximate surface area is 171 Å². The summed E-state index contributed by atoms with van der Waals surface area (Å²) in [5.74, 6) is 1.03. The van der Waals surface area contributed by atoms with Gasteiger partial charge in [0.1, 0.15) is 5.82 Å². The molecule has 0 bridgehead atoms. The van der Waals surface area contributed by atoms with Crippen molar-refractivity contribution in [2.75, 3.05) is 11.2 Å². The van der Waals surface area contributed by atoms with Crippen molar-refractivity contribution < 1.29 is 0 Å². The lowest BCUT2D eigenvalue weighted by Crippen LogP contribution is -2.36. The maximum atomic E-state index is 6.54. The molecule has 5 nitrogen and oxygen atoms in total. The number of hydrazone groups is 1. The molecule has 0 unspecified atom stereocenters. The van der Waals surface area contributed by atoms with E-state index in [1.54, 1.807) is 6.21 Å². The molecule has 146 valence electrons. The molecular weight excluding hydrogens is 358 g/mol. The molecule has 1 spiro atoms. The summed E-state index contributed by atoms with van der Waals surface area (Å²) in [4.78, 5) is 9.46. The van der Waals surface area contributed by atoms with Crippen LogP contribution in [-0.2, 0) is 11.8 Å². The molecule has 1 heterocycles. The molecule has 2 aliphatic carbocycles. The molecule has 5 rings (SSSR count). The Kier molecular flexibility index (Phi) is 4.51. The lowest BCUT2D eigenvalue weighted by molar-refractivity contribution is 0.288. The first-order valence-corrected chi connectivity index (χ1v) is 10.4. The van der Waals surface area contributed by atoms with Crippen molar-refractivity contribution in [2.45, 2.75) is 43.9 Å². The smallest absolute Gasteiger partial charge is 0.246 e. The van der Waals surface area contributed by atoms with Gasteiger partial charge in [-0.05, 0) is 30.4 Å². The highest BCUT2D eigenvalue weighted by Crippen LogP contribution is 2.51. The quantitative estimate of drug-likeness (QED) is 0.497. The first-order chi connectivity index (χ1) is 14.3. The van der Waals surface area contributed by atoms with Gasteiger partial charge in [0.05, 0.1) is 11.9 Å². The molecule has 0 amide bonds. The third-order valence-corrected chi connectivity index (χ3v) is 6.26. The highest BCUT2D eigenvalue weighted by Gasteiger charge is 2.42. The molecule has 0 atom stereocenters. The van der Waals surface area contributed by atoms with Gasteiger partial charge in [-0.1, -0.05) is 73.9 Å². The Morgan fingerprint density at radius 3 is 2.52 bits per heavy atom. The fraction of sp³-hybridized carbons (Fsp3) is 0.292. The third-order valence-electron chi connectivity index (χ3n) is 6.26. The van der Waals surface area contributed by atoms with Crippen LogP contribution < -0.4 is 11.2 Å². The molecule has 2 aliphatic rings. The monoisotopic (exact) mass is 383 g/mol. The Morgan fingerprint density at radius 1 is 0.931 bits per heavy atom. The van der Waals surface area contributed by atoms with E-state index in [2.05, 4.69) is 39.8 Å². The number of rotatable bonds is 3. The van der Waals surface area contributed by atoms with Gasteiger partial charge >= 0.3 is 0 Å². The second kappa shape index (κ2) is 7.32. The molecule has 3 aromatic rings.